The van der Waals surface area contributed by atoms with Gasteiger partial charge in [0.05, 0.1) is 18.5 Å². The number of benzene rings is 1. The lowest BCUT2D eigenvalue weighted by atomic mass is 10.2. The third kappa shape index (κ3) is 4.12. The number of carboxylic acids is 1. The maximum absolute atomic E-state index is 12.4. The highest BCUT2D eigenvalue weighted by molar-refractivity contribution is 8.00. The van der Waals surface area contributed by atoms with Crippen LogP contribution in [0, 0.1) is 0 Å². The summed E-state index contributed by atoms with van der Waals surface area (Å²) in [5.74, 6) is -1.22. The van der Waals surface area contributed by atoms with E-state index in [9.17, 15) is 9.59 Å². The zero-order chi connectivity index (χ0) is 15.4. The first-order valence-corrected chi connectivity index (χ1v) is 7.78. The second-order valence-electron chi connectivity index (χ2n) is 4.67. The highest BCUT2D eigenvalue weighted by Crippen LogP contribution is 2.26. The van der Waals surface area contributed by atoms with E-state index in [-0.39, 0.29) is 17.8 Å². The third-order valence-electron chi connectivity index (χ3n) is 3.17. The SMILES string of the molecule is CC(Sc1ccc(Cl)cc1)C(=O)N1CCOCC1C(=O)O. The summed E-state index contributed by atoms with van der Waals surface area (Å²) in [5, 5.41) is 9.43. The number of hydrogen-bond acceptors (Lipinski definition) is 4. The Labute approximate surface area is 132 Å². The van der Waals surface area contributed by atoms with E-state index < -0.39 is 12.0 Å². The predicted molar refractivity (Wildman–Crippen MR) is 80.7 cm³/mol. The Morgan fingerprint density at radius 3 is 2.71 bits per heavy atom. The second-order valence-corrected chi connectivity index (χ2v) is 6.53. The van der Waals surface area contributed by atoms with Gasteiger partial charge in [0.15, 0.2) is 6.04 Å². The van der Waals surface area contributed by atoms with Crippen molar-refractivity contribution in [2.75, 3.05) is 19.8 Å². The van der Waals surface area contributed by atoms with Crippen LogP contribution in [0.3, 0.4) is 0 Å². The van der Waals surface area contributed by atoms with Gasteiger partial charge in [0.2, 0.25) is 5.91 Å². The van der Waals surface area contributed by atoms with Crippen molar-refractivity contribution in [1.29, 1.82) is 0 Å². The van der Waals surface area contributed by atoms with Gasteiger partial charge in [-0.3, -0.25) is 4.79 Å². The Balaban J connectivity index is 2.03. The summed E-state index contributed by atoms with van der Waals surface area (Å²) in [4.78, 5) is 25.9. The molecule has 1 aromatic rings. The molecule has 0 saturated carbocycles. The van der Waals surface area contributed by atoms with Crippen molar-refractivity contribution in [1.82, 2.24) is 4.90 Å². The molecule has 21 heavy (non-hydrogen) atoms. The molecule has 1 fully saturated rings. The molecule has 2 atom stereocenters. The first-order chi connectivity index (χ1) is 9.99. The van der Waals surface area contributed by atoms with Crippen LogP contribution in [-0.2, 0) is 14.3 Å². The molecule has 114 valence electrons. The van der Waals surface area contributed by atoms with Crippen LogP contribution in [0.15, 0.2) is 29.2 Å². The smallest absolute Gasteiger partial charge is 0.328 e. The molecule has 1 aliphatic heterocycles. The predicted octanol–water partition coefficient (Wildman–Crippen LogP) is 2.13. The summed E-state index contributed by atoms with van der Waals surface area (Å²) in [6, 6.07) is 6.29. The Kier molecular flexibility index (Phi) is 5.50. The molecule has 2 rings (SSSR count). The van der Waals surface area contributed by atoms with Crippen molar-refractivity contribution < 1.29 is 19.4 Å². The lowest BCUT2D eigenvalue weighted by molar-refractivity contribution is -0.157. The van der Waals surface area contributed by atoms with E-state index in [0.29, 0.717) is 18.2 Å². The zero-order valence-corrected chi connectivity index (χ0v) is 13.1. The molecular weight excluding hydrogens is 314 g/mol. The fraction of sp³-hybridized carbons (Fsp3) is 0.429. The van der Waals surface area contributed by atoms with Crippen LogP contribution in [0.25, 0.3) is 0 Å². The maximum atomic E-state index is 12.4. The van der Waals surface area contributed by atoms with Crippen molar-refractivity contribution in [2.24, 2.45) is 0 Å². The number of ether oxygens (including phenoxy) is 1. The van der Waals surface area contributed by atoms with Gasteiger partial charge in [-0.2, -0.15) is 0 Å². The molecule has 1 saturated heterocycles. The number of carbonyl (C=O) groups is 2. The fourth-order valence-corrected chi connectivity index (χ4v) is 3.14. The molecule has 0 aliphatic carbocycles. The highest BCUT2D eigenvalue weighted by atomic mass is 35.5. The summed E-state index contributed by atoms with van der Waals surface area (Å²) in [6.07, 6.45) is 0. The Hall–Kier alpha value is -1.24. The van der Waals surface area contributed by atoms with E-state index in [4.69, 9.17) is 21.4 Å². The summed E-state index contributed by atoms with van der Waals surface area (Å²) in [7, 11) is 0. The van der Waals surface area contributed by atoms with Crippen molar-refractivity contribution in [3.05, 3.63) is 29.3 Å². The molecule has 0 aromatic heterocycles. The molecule has 5 nitrogen and oxygen atoms in total. The molecule has 0 bridgehead atoms. The van der Waals surface area contributed by atoms with E-state index in [1.54, 1.807) is 19.1 Å². The molecule has 7 heteroatoms. The van der Waals surface area contributed by atoms with Crippen LogP contribution in [0.5, 0.6) is 0 Å². The van der Waals surface area contributed by atoms with E-state index in [1.165, 1.54) is 16.7 Å². The number of amides is 1. The summed E-state index contributed by atoms with van der Waals surface area (Å²) >= 11 is 7.21. The number of rotatable bonds is 4. The van der Waals surface area contributed by atoms with Gasteiger partial charge in [0, 0.05) is 16.5 Å². The number of thioether (sulfide) groups is 1. The molecule has 1 heterocycles. The van der Waals surface area contributed by atoms with Crippen LogP contribution in [-0.4, -0.2) is 52.9 Å². The molecule has 1 aromatic carbocycles. The molecular formula is C14H16ClNO4S. The average molecular weight is 330 g/mol. The van der Waals surface area contributed by atoms with Gasteiger partial charge >= 0.3 is 5.97 Å². The largest absolute Gasteiger partial charge is 0.480 e. The van der Waals surface area contributed by atoms with Gasteiger partial charge in [-0.15, -0.1) is 11.8 Å². The third-order valence-corrected chi connectivity index (χ3v) is 4.52. The second kappa shape index (κ2) is 7.15. The monoisotopic (exact) mass is 329 g/mol. The number of aliphatic carboxylic acids is 1. The Morgan fingerprint density at radius 1 is 1.43 bits per heavy atom. The quantitative estimate of drug-likeness (QED) is 0.857. The normalized spacial score (nSPS) is 20.1. The summed E-state index contributed by atoms with van der Waals surface area (Å²) < 4.78 is 5.14. The Morgan fingerprint density at radius 2 is 2.10 bits per heavy atom. The molecule has 1 aliphatic rings. The van der Waals surface area contributed by atoms with Crippen molar-refractivity contribution in [3.8, 4) is 0 Å². The van der Waals surface area contributed by atoms with Crippen LogP contribution >= 0.6 is 23.4 Å². The van der Waals surface area contributed by atoms with Gasteiger partial charge in [-0.25, -0.2) is 4.79 Å². The van der Waals surface area contributed by atoms with E-state index in [1.807, 2.05) is 12.1 Å². The first kappa shape index (κ1) is 16.1. The summed E-state index contributed by atoms with van der Waals surface area (Å²) in [5.41, 5.74) is 0. The summed E-state index contributed by atoms with van der Waals surface area (Å²) in [6.45, 7) is 2.49. The molecule has 0 spiro atoms. The van der Waals surface area contributed by atoms with Crippen LogP contribution < -0.4 is 0 Å². The van der Waals surface area contributed by atoms with Crippen molar-refractivity contribution >= 4 is 35.2 Å². The van der Waals surface area contributed by atoms with Gasteiger partial charge in [0.25, 0.3) is 0 Å². The van der Waals surface area contributed by atoms with Crippen LogP contribution in [0.2, 0.25) is 5.02 Å². The minimum atomic E-state index is -1.04. The molecule has 1 N–H and O–H groups in total. The van der Waals surface area contributed by atoms with E-state index in [0.717, 1.165) is 4.90 Å². The van der Waals surface area contributed by atoms with E-state index in [2.05, 4.69) is 0 Å². The lowest BCUT2D eigenvalue weighted by Crippen LogP contribution is -2.54. The minimum Gasteiger partial charge on any atom is -0.480 e. The van der Waals surface area contributed by atoms with Gasteiger partial charge in [-0.1, -0.05) is 11.6 Å². The Bertz CT molecular complexity index is 522. The number of carboxylic acid groups (broad SMARTS) is 1. The van der Waals surface area contributed by atoms with Crippen molar-refractivity contribution in [3.63, 3.8) is 0 Å². The molecule has 2 unspecified atom stereocenters. The van der Waals surface area contributed by atoms with Gasteiger partial charge in [0.1, 0.15) is 0 Å². The zero-order valence-electron chi connectivity index (χ0n) is 11.5. The van der Waals surface area contributed by atoms with Gasteiger partial charge in [-0.05, 0) is 31.2 Å². The first-order valence-electron chi connectivity index (χ1n) is 6.52. The number of morpholine rings is 1. The topological polar surface area (TPSA) is 66.8 Å². The number of halogens is 1. The number of hydrogen-bond donors (Lipinski definition) is 1. The van der Waals surface area contributed by atoms with Crippen LogP contribution in [0.1, 0.15) is 6.92 Å². The van der Waals surface area contributed by atoms with Crippen LogP contribution in [0.4, 0.5) is 0 Å². The van der Waals surface area contributed by atoms with E-state index >= 15 is 0 Å². The van der Waals surface area contributed by atoms with Gasteiger partial charge < -0.3 is 14.7 Å². The minimum absolute atomic E-state index is 0.0411. The lowest BCUT2D eigenvalue weighted by Gasteiger charge is -2.34. The number of nitrogens with zero attached hydrogens (tertiary/aromatic N) is 1. The highest BCUT2D eigenvalue weighted by Gasteiger charge is 2.34. The van der Waals surface area contributed by atoms with Crippen molar-refractivity contribution in [2.45, 2.75) is 23.1 Å². The maximum Gasteiger partial charge on any atom is 0.328 e. The standard InChI is InChI=1S/C14H16ClNO4S/c1-9(21-11-4-2-10(15)3-5-11)13(17)16-6-7-20-8-12(16)14(18)19/h2-5,9,12H,6-8H2,1H3,(H,18,19). The fourth-order valence-electron chi connectivity index (χ4n) is 2.07. The number of carbonyl (C=O) groups excluding carboxylic acids is 1. The molecule has 0 radical (unpaired) electrons. The molecule has 1 amide bonds. The average Bonchev–Trinajstić information content (AvgIpc) is 2.48.